The molecule has 0 spiro atoms. The molecular formula is C15H20N4S. The van der Waals surface area contributed by atoms with Gasteiger partial charge >= 0.3 is 0 Å². The third-order valence-corrected chi connectivity index (χ3v) is 4.51. The Morgan fingerprint density at radius 1 is 1.25 bits per heavy atom. The molecule has 0 amide bonds. The summed E-state index contributed by atoms with van der Waals surface area (Å²) in [6.07, 6.45) is 1.99. The Balaban J connectivity index is 1.79. The highest BCUT2D eigenvalue weighted by Gasteiger charge is 2.20. The first kappa shape index (κ1) is 13.2. The molecule has 20 heavy (non-hydrogen) atoms. The fourth-order valence-corrected chi connectivity index (χ4v) is 3.43. The topological polar surface area (TPSA) is 31.4 Å². The van der Waals surface area contributed by atoms with Crippen LogP contribution in [-0.2, 0) is 6.54 Å². The molecule has 1 aromatic carbocycles. The molecule has 2 heterocycles. The van der Waals surface area contributed by atoms with Gasteiger partial charge in [-0.25, -0.2) is 4.98 Å². The second kappa shape index (κ2) is 5.71. The van der Waals surface area contributed by atoms with Crippen molar-refractivity contribution < 1.29 is 0 Å². The largest absolute Gasteiger partial charge is 0.371 e. The highest BCUT2D eigenvalue weighted by Crippen LogP contribution is 2.33. The minimum absolute atomic E-state index is 0.921. The second-order valence-electron chi connectivity index (χ2n) is 4.99. The van der Waals surface area contributed by atoms with Crippen molar-refractivity contribution in [1.82, 2.24) is 4.98 Å². The average molecular weight is 288 g/mol. The van der Waals surface area contributed by atoms with Gasteiger partial charge in [0.2, 0.25) is 0 Å². The number of anilines is 3. The van der Waals surface area contributed by atoms with E-state index in [1.807, 2.05) is 6.20 Å². The lowest BCUT2D eigenvalue weighted by Gasteiger charge is -2.36. The zero-order chi connectivity index (χ0) is 13.9. The standard InChI is InChI=1S/C15H20N4S/c1-3-16-15-17-10-12(20-15)11-19-9-8-18(2)13-6-4-5-7-14(13)19/h4-7,10H,3,8-9,11H2,1-2H3,(H,16,17). The number of nitrogens with one attached hydrogen (secondary N) is 1. The molecule has 0 bridgehead atoms. The number of benzene rings is 1. The monoisotopic (exact) mass is 288 g/mol. The Hall–Kier alpha value is -1.75. The molecule has 1 aromatic heterocycles. The SMILES string of the molecule is CCNc1ncc(CN2CCN(C)c3ccccc32)s1. The lowest BCUT2D eigenvalue weighted by Crippen LogP contribution is -2.38. The van der Waals surface area contributed by atoms with Gasteiger partial charge in [-0.3, -0.25) is 0 Å². The van der Waals surface area contributed by atoms with Crippen LogP contribution in [0.15, 0.2) is 30.5 Å². The number of aromatic nitrogens is 1. The Labute approximate surface area is 124 Å². The minimum Gasteiger partial charge on any atom is -0.371 e. The van der Waals surface area contributed by atoms with Crippen molar-refractivity contribution in [3.63, 3.8) is 0 Å². The fourth-order valence-electron chi connectivity index (χ4n) is 2.53. The van der Waals surface area contributed by atoms with Crippen LogP contribution < -0.4 is 15.1 Å². The van der Waals surface area contributed by atoms with E-state index in [4.69, 9.17) is 0 Å². The molecule has 0 saturated heterocycles. The molecular weight excluding hydrogens is 268 g/mol. The number of likely N-dealkylation sites (N-methyl/N-ethyl adjacent to an activating group) is 1. The maximum atomic E-state index is 4.41. The number of para-hydroxylation sites is 2. The summed E-state index contributed by atoms with van der Waals surface area (Å²) >= 11 is 1.75. The molecule has 1 N–H and O–H groups in total. The van der Waals surface area contributed by atoms with Gasteiger partial charge < -0.3 is 15.1 Å². The van der Waals surface area contributed by atoms with Crippen LogP contribution in [-0.4, -0.2) is 31.7 Å². The van der Waals surface area contributed by atoms with E-state index in [1.165, 1.54) is 16.3 Å². The van der Waals surface area contributed by atoms with E-state index >= 15 is 0 Å². The minimum atomic E-state index is 0.921. The summed E-state index contributed by atoms with van der Waals surface area (Å²) < 4.78 is 0. The average Bonchev–Trinajstić information content (AvgIpc) is 2.90. The zero-order valence-electron chi connectivity index (χ0n) is 12.0. The smallest absolute Gasteiger partial charge is 0.182 e. The van der Waals surface area contributed by atoms with Gasteiger partial charge in [-0.1, -0.05) is 12.1 Å². The van der Waals surface area contributed by atoms with Crippen LogP contribution in [0.25, 0.3) is 0 Å². The number of fused-ring (bicyclic) bond motifs is 1. The van der Waals surface area contributed by atoms with Crippen LogP contribution in [0.2, 0.25) is 0 Å². The van der Waals surface area contributed by atoms with Crippen molar-refractivity contribution in [2.75, 3.05) is 41.8 Å². The zero-order valence-corrected chi connectivity index (χ0v) is 12.8. The predicted molar refractivity (Wildman–Crippen MR) is 87.0 cm³/mol. The lowest BCUT2D eigenvalue weighted by molar-refractivity contribution is 0.739. The first-order valence-corrected chi connectivity index (χ1v) is 7.83. The van der Waals surface area contributed by atoms with E-state index in [-0.39, 0.29) is 0 Å². The van der Waals surface area contributed by atoms with E-state index in [1.54, 1.807) is 11.3 Å². The summed E-state index contributed by atoms with van der Waals surface area (Å²) in [7, 11) is 2.16. The Morgan fingerprint density at radius 2 is 2.05 bits per heavy atom. The fraction of sp³-hybridized carbons (Fsp3) is 0.400. The van der Waals surface area contributed by atoms with Gasteiger partial charge in [0, 0.05) is 37.8 Å². The molecule has 0 atom stereocenters. The van der Waals surface area contributed by atoms with Crippen LogP contribution in [0, 0.1) is 0 Å². The van der Waals surface area contributed by atoms with E-state index in [0.717, 1.165) is 31.3 Å². The third kappa shape index (κ3) is 2.58. The van der Waals surface area contributed by atoms with Gasteiger partial charge in [0.15, 0.2) is 5.13 Å². The van der Waals surface area contributed by atoms with Crippen molar-refractivity contribution >= 4 is 27.8 Å². The van der Waals surface area contributed by atoms with Crippen molar-refractivity contribution in [3.8, 4) is 0 Å². The summed E-state index contributed by atoms with van der Waals surface area (Å²) in [5, 5.41) is 4.29. The molecule has 0 unspecified atom stereocenters. The van der Waals surface area contributed by atoms with Crippen molar-refractivity contribution in [1.29, 1.82) is 0 Å². The van der Waals surface area contributed by atoms with Gasteiger partial charge in [-0.15, -0.1) is 11.3 Å². The van der Waals surface area contributed by atoms with Crippen LogP contribution >= 0.6 is 11.3 Å². The number of hydrogen-bond acceptors (Lipinski definition) is 5. The third-order valence-electron chi connectivity index (χ3n) is 3.57. The Morgan fingerprint density at radius 3 is 2.85 bits per heavy atom. The van der Waals surface area contributed by atoms with E-state index in [9.17, 15) is 0 Å². The van der Waals surface area contributed by atoms with Crippen LogP contribution in [0.5, 0.6) is 0 Å². The molecule has 1 aliphatic rings. The molecule has 0 aliphatic carbocycles. The Kier molecular flexibility index (Phi) is 3.78. The highest BCUT2D eigenvalue weighted by molar-refractivity contribution is 7.15. The number of nitrogens with zero attached hydrogens (tertiary/aromatic N) is 3. The molecule has 5 heteroatoms. The van der Waals surface area contributed by atoms with E-state index in [0.29, 0.717) is 0 Å². The molecule has 0 saturated carbocycles. The molecule has 1 aliphatic heterocycles. The van der Waals surface area contributed by atoms with Crippen molar-refractivity contribution in [3.05, 3.63) is 35.3 Å². The molecule has 106 valence electrons. The van der Waals surface area contributed by atoms with E-state index in [2.05, 4.69) is 58.3 Å². The van der Waals surface area contributed by atoms with Gasteiger partial charge in [-0.2, -0.15) is 0 Å². The quantitative estimate of drug-likeness (QED) is 0.937. The first-order valence-electron chi connectivity index (χ1n) is 7.01. The summed E-state index contributed by atoms with van der Waals surface area (Å²) in [6, 6.07) is 8.62. The van der Waals surface area contributed by atoms with Gasteiger partial charge in [0.1, 0.15) is 0 Å². The van der Waals surface area contributed by atoms with Crippen molar-refractivity contribution in [2.24, 2.45) is 0 Å². The lowest BCUT2D eigenvalue weighted by atomic mass is 10.1. The number of hydrogen-bond donors (Lipinski definition) is 1. The van der Waals surface area contributed by atoms with Gasteiger partial charge in [-0.05, 0) is 19.1 Å². The molecule has 0 fully saturated rings. The number of thiazole rings is 1. The molecule has 0 radical (unpaired) electrons. The maximum Gasteiger partial charge on any atom is 0.182 e. The van der Waals surface area contributed by atoms with Gasteiger partial charge in [0.05, 0.1) is 17.9 Å². The maximum absolute atomic E-state index is 4.41. The summed E-state index contributed by atoms with van der Waals surface area (Å²) in [4.78, 5) is 10.5. The van der Waals surface area contributed by atoms with Gasteiger partial charge in [0.25, 0.3) is 0 Å². The normalized spacial score (nSPS) is 14.3. The summed E-state index contributed by atoms with van der Waals surface area (Å²) in [5.41, 5.74) is 2.63. The number of rotatable bonds is 4. The summed E-state index contributed by atoms with van der Waals surface area (Å²) in [6.45, 7) is 6.08. The molecule has 2 aromatic rings. The molecule has 3 rings (SSSR count). The van der Waals surface area contributed by atoms with Crippen molar-refractivity contribution in [2.45, 2.75) is 13.5 Å². The summed E-state index contributed by atoms with van der Waals surface area (Å²) in [5.74, 6) is 0. The first-order chi connectivity index (χ1) is 9.78. The van der Waals surface area contributed by atoms with Crippen LogP contribution in [0.3, 0.4) is 0 Å². The van der Waals surface area contributed by atoms with E-state index < -0.39 is 0 Å². The highest BCUT2D eigenvalue weighted by atomic mass is 32.1. The predicted octanol–water partition coefficient (Wildman–Crippen LogP) is 3.03. The molecule has 4 nitrogen and oxygen atoms in total. The van der Waals surface area contributed by atoms with Crippen LogP contribution in [0.4, 0.5) is 16.5 Å². The Bertz CT molecular complexity index is 581. The second-order valence-corrected chi connectivity index (χ2v) is 6.11. The van der Waals surface area contributed by atoms with Crippen LogP contribution in [0.1, 0.15) is 11.8 Å².